The predicted octanol–water partition coefficient (Wildman–Crippen LogP) is 0.0510. The maximum Gasteiger partial charge on any atom is 0.475 e. The van der Waals surface area contributed by atoms with E-state index in [9.17, 15) is 19.6 Å². The largest absolute Gasteiger partial charge is 0.475 e. The normalized spacial score (nSPS) is 22.1. The maximum absolute atomic E-state index is 12.6. The van der Waals surface area contributed by atoms with Crippen LogP contribution in [0.1, 0.15) is 58.3 Å². The van der Waals surface area contributed by atoms with Gasteiger partial charge in [-0.3, -0.25) is 9.59 Å². The molecular formula is C19H35BN4O4S. The Balaban J connectivity index is 1.88. The van der Waals surface area contributed by atoms with Crippen molar-refractivity contribution in [3.8, 4) is 0 Å². The van der Waals surface area contributed by atoms with Gasteiger partial charge in [-0.05, 0) is 38.0 Å². The van der Waals surface area contributed by atoms with Crippen LogP contribution in [0.2, 0.25) is 0 Å². The summed E-state index contributed by atoms with van der Waals surface area (Å²) in [6.07, 6.45) is 7.38. The molecule has 8 nitrogen and oxygen atoms in total. The lowest BCUT2D eigenvalue weighted by Gasteiger charge is -2.32. The summed E-state index contributed by atoms with van der Waals surface area (Å²) >= 11 is 5.53. The van der Waals surface area contributed by atoms with Gasteiger partial charge in [0.15, 0.2) is 0 Å². The Hall–Kier alpha value is -1.23. The molecule has 1 saturated heterocycles. The molecule has 1 heterocycles. The first kappa shape index (κ1) is 24.0. The summed E-state index contributed by atoms with van der Waals surface area (Å²) in [5, 5.41) is 22.0. The van der Waals surface area contributed by atoms with Crippen LogP contribution in [0.5, 0.6) is 0 Å². The minimum absolute atomic E-state index is 0.0789. The molecule has 10 heteroatoms. The molecule has 5 N–H and O–H groups in total. The number of carbonyl (C=O) groups is 2. The zero-order valence-electron chi connectivity index (χ0n) is 17.5. The quantitative estimate of drug-likeness (QED) is 0.320. The van der Waals surface area contributed by atoms with Crippen molar-refractivity contribution in [3.63, 3.8) is 0 Å². The molecule has 2 amide bonds. The Morgan fingerprint density at radius 2 is 1.90 bits per heavy atom. The van der Waals surface area contributed by atoms with E-state index in [1.54, 1.807) is 11.9 Å². The van der Waals surface area contributed by atoms with Crippen molar-refractivity contribution < 1.29 is 19.6 Å². The van der Waals surface area contributed by atoms with Gasteiger partial charge in [0.2, 0.25) is 11.8 Å². The molecule has 3 atom stereocenters. The number of carbonyl (C=O) groups excluding carboxylic acids is 2. The second-order valence-corrected chi connectivity index (χ2v) is 8.72. The summed E-state index contributed by atoms with van der Waals surface area (Å²) < 4.78 is 0. The molecule has 0 unspecified atom stereocenters. The molecule has 1 aliphatic carbocycles. The number of likely N-dealkylation sites (N-methyl/N-ethyl adjacent to an activating group) is 1. The van der Waals surface area contributed by atoms with Crippen molar-refractivity contribution in [2.24, 2.45) is 11.7 Å². The molecule has 2 rings (SSSR count). The molecule has 0 aromatic rings. The van der Waals surface area contributed by atoms with Crippen LogP contribution in [0.15, 0.2) is 0 Å². The summed E-state index contributed by atoms with van der Waals surface area (Å²) in [6, 6.07) is -0.958. The number of thiocarbonyl (C=S) groups is 1. The smallest absolute Gasteiger partial charge is 0.426 e. The average Bonchev–Trinajstić information content (AvgIpc) is 3.21. The fraction of sp³-hybridized carbons (Fsp3) is 0.842. The Kier molecular flexibility index (Phi) is 9.32. The van der Waals surface area contributed by atoms with Crippen molar-refractivity contribution in [1.82, 2.24) is 15.1 Å². The third-order valence-electron chi connectivity index (χ3n) is 6.17. The molecule has 1 saturated carbocycles. The van der Waals surface area contributed by atoms with Gasteiger partial charge in [-0.25, -0.2) is 0 Å². The molecule has 29 heavy (non-hydrogen) atoms. The molecule has 164 valence electrons. The van der Waals surface area contributed by atoms with E-state index in [2.05, 4.69) is 5.32 Å². The van der Waals surface area contributed by atoms with Crippen LogP contribution in [-0.2, 0) is 9.59 Å². The molecule has 0 aromatic heterocycles. The Bertz CT molecular complexity index is 589. The number of nitrogens with zero attached hydrogens (tertiary/aromatic N) is 2. The minimum atomic E-state index is -1.46. The Morgan fingerprint density at radius 1 is 1.24 bits per heavy atom. The second kappa shape index (κ2) is 11.2. The highest BCUT2D eigenvalue weighted by Gasteiger charge is 2.37. The highest BCUT2D eigenvalue weighted by atomic mass is 32.1. The van der Waals surface area contributed by atoms with Gasteiger partial charge in [0.05, 0.1) is 24.6 Å². The van der Waals surface area contributed by atoms with Gasteiger partial charge in [0.1, 0.15) is 4.99 Å². The monoisotopic (exact) mass is 426 g/mol. The van der Waals surface area contributed by atoms with E-state index >= 15 is 0 Å². The fourth-order valence-electron chi connectivity index (χ4n) is 4.40. The summed E-state index contributed by atoms with van der Waals surface area (Å²) in [4.78, 5) is 28.9. The highest BCUT2D eigenvalue weighted by Crippen LogP contribution is 2.26. The van der Waals surface area contributed by atoms with Crippen molar-refractivity contribution in [1.29, 1.82) is 0 Å². The predicted molar refractivity (Wildman–Crippen MR) is 117 cm³/mol. The zero-order valence-corrected chi connectivity index (χ0v) is 18.4. The van der Waals surface area contributed by atoms with Crippen LogP contribution in [0.25, 0.3) is 0 Å². The molecule has 2 aliphatic rings. The number of hydrogen-bond donors (Lipinski definition) is 4. The molecule has 1 aliphatic heterocycles. The Morgan fingerprint density at radius 3 is 2.48 bits per heavy atom. The van der Waals surface area contributed by atoms with Crippen LogP contribution in [0, 0.1) is 5.92 Å². The maximum atomic E-state index is 12.6. The van der Waals surface area contributed by atoms with Crippen LogP contribution in [0.4, 0.5) is 0 Å². The van der Waals surface area contributed by atoms with Crippen LogP contribution in [-0.4, -0.2) is 81.9 Å². The second-order valence-electron chi connectivity index (χ2n) is 8.30. The van der Waals surface area contributed by atoms with E-state index in [0.29, 0.717) is 24.4 Å². The van der Waals surface area contributed by atoms with Gasteiger partial charge in [0.25, 0.3) is 0 Å². The SMILES string of the molecule is CC[C@H](NC(=O)CN(C)C(=O)[C@@H](N)C1CCCCC1)C(=S)N1CCC[C@H]1B(O)O. The number of likely N-dealkylation sites (tertiary alicyclic amines) is 1. The summed E-state index contributed by atoms with van der Waals surface area (Å²) in [5.74, 6) is -0.752. The van der Waals surface area contributed by atoms with E-state index in [4.69, 9.17) is 18.0 Å². The summed E-state index contributed by atoms with van der Waals surface area (Å²) in [5.41, 5.74) is 6.17. The summed E-state index contributed by atoms with van der Waals surface area (Å²) in [7, 11) is 0.136. The average molecular weight is 426 g/mol. The first-order valence-corrected chi connectivity index (χ1v) is 11.1. The summed E-state index contributed by atoms with van der Waals surface area (Å²) in [6.45, 7) is 2.47. The highest BCUT2D eigenvalue weighted by molar-refractivity contribution is 7.80. The Labute approximate surface area is 179 Å². The number of hydrogen-bond acceptors (Lipinski definition) is 6. The number of nitrogens with two attached hydrogens (primary N) is 1. The van der Waals surface area contributed by atoms with Crippen LogP contribution in [0.3, 0.4) is 0 Å². The first-order valence-electron chi connectivity index (χ1n) is 10.7. The van der Waals surface area contributed by atoms with Gasteiger partial charge in [-0.2, -0.15) is 0 Å². The van der Waals surface area contributed by atoms with E-state index < -0.39 is 25.1 Å². The molecule has 0 aromatic carbocycles. The molecule has 2 fully saturated rings. The minimum Gasteiger partial charge on any atom is -0.426 e. The van der Waals surface area contributed by atoms with E-state index in [0.717, 1.165) is 32.1 Å². The van der Waals surface area contributed by atoms with Crippen molar-refractivity contribution >= 4 is 36.1 Å². The zero-order chi connectivity index (χ0) is 21.6. The van der Waals surface area contributed by atoms with Crippen LogP contribution >= 0.6 is 12.2 Å². The first-order chi connectivity index (χ1) is 13.8. The van der Waals surface area contributed by atoms with Crippen LogP contribution < -0.4 is 11.1 Å². The van der Waals surface area contributed by atoms with Gasteiger partial charge in [-0.1, -0.05) is 38.4 Å². The lowest BCUT2D eigenvalue weighted by molar-refractivity contribution is -0.137. The third-order valence-corrected chi connectivity index (χ3v) is 6.69. The lowest BCUT2D eigenvalue weighted by atomic mass is 9.78. The van der Waals surface area contributed by atoms with Crippen molar-refractivity contribution in [2.75, 3.05) is 20.1 Å². The molecular weight excluding hydrogens is 391 g/mol. The van der Waals surface area contributed by atoms with Gasteiger partial charge in [-0.15, -0.1) is 0 Å². The fourth-order valence-corrected chi connectivity index (χ4v) is 4.85. The lowest BCUT2D eigenvalue weighted by Crippen LogP contribution is -2.54. The standard InChI is InChI=1S/C19H35BN4O4S/c1-3-14(19(29)24-11-7-10-15(24)20(27)28)22-16(25)12-23(2)18(26)17(21)13-8-5-4-6-9-13/h13-15,17,27-28H,3-12,21H2,1-2H3,(H,22,25)/t14-,15-,17-/m0/s1. The van der Waals surface area contributed by atoms with Crippen molar-refractivity contribution in [2.45, 2.75) is 76.3 Å². The topological polar surface area (TPSA) is 119 Å². The van der Waals surface area contributed by atoms with E-state index in [-0.39, 0.29) is 24.3 Å². The molecule has 0 spiro atoms. The molecule has 0 bridgehead atoms. The number of amides is 2. The van der Waals surface area contributed by atoms with Gasteiger partial charge >= 0.3 is 7.12 Å². The van der Waals surface area contributed by atoms with Gasteiger partial charge < -0.3 is 30.9 Å². The molecule has 0 radical (unpaired) electrons. The van der Waals surface area contributed by atoms with E-state index in [1.807, 2.05) is 6.92 Å². The number of nitrogens with one attached hydrogen (secondary N) is 1. The van der Waals surface area contributed by atoms with Crippen molar-refractivity contribution in [3.05, 3.63) is 0 Å². The van der Waals surface area contributed by atoms with Gasteiger partial charge in [0, 0.05) is 13.6 Å². The van der Waals surface area contributed by atoms with E-state index in [1.165, 1.54) is 11.3 Å². The third kappa shape index (κ3) is 6.37. The number of rotatable bonds is 8.